The molecule has 4 heteroatoms. The molecular formula is C56H35N3O. The van der Waals surface area contributed by atoms with Crippen LogP contribution < -0.4 is 4.74 Å². The highest BCUT2D eigenvalue weighted by molar-refractivity contribution is 5.98. The second-order valence-electron chi connectivity index (χ2n) is 15.5. The summed E-state index contributed by atoms with van der Waals surface area (Å²) in [5, 5.41) is 2.21. The van der Waals surface area contributed by atoms with Crippen molar-refractivity contribution in [3.8, 4) is 79.0 Å². The molecule has 1 unspecified atom stereocenters. The van der Waals surface area contributed by atoms with Crippen molar-refractivity contribution in [1.82, 2.24) is 15.0 Å². The lowest BCUT2D eigenvalue weighted by molar-refractivity contribution is 0.440. The Morgan fingerprint density at radius 3 is 1.55 bits per heavy atom. The van der Waals surface area contributed by atoms with Gasteiger partial charge < -0.3 is 4.74 Å². The van der Waals surface area contributed by atoms with E-state index in [2.05, 4.69) is 188 Å². The lowest BCUT2D eigenvalue weighted by Gasteiger charge is -2.42. The molecule has 0 bridgehead atoms. The summed E-state index contributed by atoms with van der Waals surface area (Å²) in [5.74, 6) is 3.56. The highest BCUT2D eigenvalue weighted by Crippen LogP contribution is 2.62. The van der Waals surface area contributed by atoms with Crippen molar-refractivity contribution >= 4 is 10.8 Å². The Labute approximate surface area is 348 Å². The van der Waals surface area contributed by atoms with E-state index in [0.717, 1.165) is 72.3 Å². The SMILES string of the molecule is c1ccc(-c2ccc(-c3nc(-c4ccccc4)nc(-c4ccc5c(c4)C4(c6ccccc6Oc6c4ccc4ccccc64)c4ccccc4-c4ccccc4-5)n3)cc2)cc1. The zero-order chi connectivity index (χ0) is 39.6. The molecule has 0 fully saturated rings. The molecule has 2 heterocycles. The molecule has 10 aromatic rings. The molecule has 4 nitrogen and oxygen atoms in total. The van der Waals surface area contributed by atoms with Crippen LogP contribution in [0.15, 0.2) is 212 Å². The van der Waals surface area contributed by atoms with Crippen LogP contribution in [0.3, 0.4) is 0 Å². The van der Waals surface area contributed by atoms with Crippen LogP contribution >= 0.6 is 0 Å². The molecule has 0 amide bonds. The molecule has 9 aromatic carbocycles. The van der Waals surface area contributed by atoms with Crippen LogP contribution in [0.1, 0.15) is 22.3 Å². The van der Waals surface area contributed by atoms with Crippen molar-refractivity contribution in [2.75, 3.05) is 0 Å². The highest BCUT2D eigenvalue weighted by Gasteiger charge is 2.49. The van der Waals surface area contributed by atoms with Crippen molar-refractivity contribution < 1.29 is 4.74 Å². The van der Waals surface area contributed by atoms with E-state index in [9.17, 15) is 0 Å². The van der Waals surface area contributed by atoms with Crippen molar-refractivity contribution in [2.24, 2.45) is 0 Å². The quantitative estimate of drug-likeness (QED) is 0.179. The molecule has 2 aliphatic rings. The fourth-order valence-electron chi connectivity index (χ4n) is 9.51. The first-order chi connectivity index (χ1) is 29.7. The molecule has 60 heavy (non-hydrogen) atoms. The normalized spacial score (nSPS) is 14.5. The smallest absolute Gasteiger partial charge is 0.164 e. The molecule has 0 saturated carbocycles. The van der Waals surface area contributed by atoms with Crippen LogP contribution in [-0.4, -0.2) is 15.0 Å². The van der Waals surface area contributed by atoms with Crippen LogP contribution in [0.2, 0.25) is 0 Å². The van der Waals surface area contributed by atoms with E-state index >= 15 is 0 Å². The molecular weight excluding hydrogens is 731 g/mol. The maximum atomic E-state index is 7.01. The first-order valence-electron chi connectivity index (χ1n) is 20.4. The van der Waals surface area contributed by atoms with Gasteiger partial charge in [-0.2, -0.15) is 0 Å². The van der Waals surface area contributed by atoms with Crippen molar-refractivity contribution in [1.29, 1.82) is 0 Å². The number of benzene rings is 9. The second kappa shape index (κ2) is 13.6. The van der Waals surface area contributed by atoms with E-state index < -0.39 is 5.41 Å². The van der Waals surface area contributed by atoms with Gasteiger partial charge in [-0.3, -0.25) is 0 Å². The summed E-state index contributed by atoms with van der Waals surface area (Å²) in [6.07, 6.45) is 0. The largest absolute Gasteiger partial charge is 0.456 e. The summed E-state index contributed by atoms with van der Waals surface area (Å²) in [6.45, 7) is 0. The Bertz CT molecular complexity index is 3290. The number of nitrogens with zero attached hydrogens (tertiary/aromatic N) is 3. The fourth-order valence-corrected chi connectivity index (χ4v) is 9.51. The van der Waals surface area contributed by atoms with Gasteiger partial charge >= 0.3 is 0 Å². The predicted molar refractivity (Wildman–Crippen MR) is 242 cm³/mol. The third-order valence-corrected chi connectivity index (χ3v) is 12.2. The van der Waals surface area contributed by atoms with E-state index in [-0.39, 0.29) is 0 Å². The number of aromatic nitrogens is 3. The van der Waals surface area contributed by atoms with Crippen molar-refractivity contribution in [2.45, 2.75) is 5.41 Å². The van der Waals surface area contributed by atoms with E-state index in [0.29, 0.717) is 17.5 Å². The Hall–Kier alpha value is -7.95. The minimum Gasteiger partial charge on any atom is -0.456 e. The lowest BCUT2D eigenvalue weighted by atomic mass is 9.61. The molecule has 0 saturated heterocycles. The summed E-state index contributed by atoms with van der Waals surface area (Å²) >= 11 is 0. The first kappa shape index (κ1) is 34.1. The second-order valence-corrected chi connectivity index (χ2v) is 15.5. The van der Waals surface area contributed by atoms with Gasteiger partial charge in [0.1, 0.15) is 11.5 Å². The number of para-hydroxylation sites is 1. The molecule has 1 aliphatic carbocycles. The van der Waals surface area contributed by atoms with Crippen molar-refractivity contribution in [3.05, 3.63) is 235 Å². The Kier molecular flexibility index (Phi) is 7.72. The van der Waals surface area contributed by atoms with Gasteiger partial charge in [0.2, 0.25) is 0 Å². The summed E-state index contributed by atoms with van der Waals surface area (Å²) in [6, 6.07) is 75.2. The standard InChI is InChI=1S/C56H35N3O/c1-3-15-36(16-4-1)37-27-29-40(30-28-37)54-57-53(39-18-5-2-6-19-39)58-55(59-54)41-31-33-46-44-22-10-9-21-43(44)45-23-11-12-24-47(45)56(50(46)35-41)48-25-13-14-26-51(48)60-52-42-20-8-7-17-38(42)32-34-49(52)56/h1-35H. The number of rotatable bonds is 4. The van der Waals surface area contributed by atoms with E-state index in [1.54, 1.807) is 0 Å². The fraction of sp³-hybridized carbons (Fsp3) is 0.0179. The number of ether oxygens (including phenoxy) is 1. The minimum atomic E-state index is -0.777. The molecule has 280 valence electrons. The van der Waals surface area contributed by atoms with Gasteiger partial charge in [-0.05, 0) is 62.0 Å². The van der Waals surface area contributed by atoms with Crippen LogP contribution in [0.5, 0.6) is 11.5 Å². The summed E-state index contributed by atoms with van der Waals surface area (Å²) in [7, 11) is 0. The Morgan fingerprint density at radius 2 is 0.817 bits per heavy atom. The topological polar surface area (TPSA) is 47.9 Å². The van der Waals surface area contributed by atoms with Gasteiger partial charge in [0.05, 0.1) is 5.41 Å². The van der Waals surface area contributed by atoms with Gasteiger partial charge in [-0.15, -0.1) is 0 Å². The summed E-state index contributed by atoms with van der Waals surface area (Å²) in [4.78, 5) is 15.6. The van der Waals surface area contributed by atoms with Crippen LogP contribution in [0.25, 0.3) is 78.3 Å². The maximum absolute atomic E-state index is 7.01. The summed E-state index contributed by atoms with van der Waals surface area (Å²) in [5.41, 5.74) is 13.5. The van der Waals surface area contributed by atoms with E-state index in [1.807, 2.05) is 24.3 Å². The molecule has 12 rings (SSSR count). The van der Waals surface area contributed by atoms with Crippen LogP contribution in [0.4, 0.5) is 0 Å². The van der Waals surface area contributed by atoms with E-state index in [4.69, 9.17) is 19.7 Å². The average Bonchev–Trinajstić information content (AvgIpc) is 3.43. The zero-order valence-corrected chi connectivity index (χ0v) is 32.5. The van der Waals surface area contributed by atoms with Crippen LogP contribution in [-0.2, 0) is 5.41 Å². The molecule has 1 spiro atoms. The third-order valence-electron chi connectivity index (χ3n) is 12.2. The monoisotopic (exact) mass is 765 g/mol. The van der Waals surface area contributed by atoms with Gasteiger partial charge in [0.15, 0.2) is 17.5 Å². The molecule has 1 atom stereocenters. The minimum absolute atomic E-state index is 0.605. The maximum Gasteiger partial charge on any atom is 0.164 e. The molecule has 1 aromatic heterocycles. The number of hydrogen-bond donors (Lipinski definition) is 0. The zero-order valence-electron chi connectivity index (χ0n) is 32.5. The van der Waals surface area contributed by atoms with Gasteiger partial charge in [-0.1, -0.05) is 200 Å². The average molecular weight is 766 g/mol. The Morgan fingerprint density at radius 1 is 0.317 bits per heavy atom. The summed E-state index contributed by atoms with van der Waals surface area (Å²) < 4.78 is 7.01. The van der Waals surface area contributed by atoms with Gasteiger partial charge in [0.25, 0.3) is 0 Å². The predicted octanol–water partition coefficient (Wildman–Crippen LogP) is 13.8. The Balaban J connectivity index is 1.15. The first-order valence-corrected chi connectivity index (χ1v) is 20.4. The highest BCUT2D eigenvalue weighted by atomic mass is 16.5. The van der Waals surface area contributed by atoms with Gasteiger partial charge in [-0.25, -0.2) is 15.0 Å². The molecule has 1 aliphatic heterocycles. The molecule has 0 N–H and O–H groups in total. The van der Waals surface area contributed by atoms with Gasteiger partial charge in [0, 0.05) is 33.2 Å². The molecule has 0 radical (unpaired) electrons. The number of fused-ring (bicyclic) bond motifs is 13. The van der Waals surface area contributed by atoms with E-state index in [1.165, 1.54) is 22.3 Å². The number of hydrogen-bond acceptors (Lipinski definition) is 4. The van der Waals surface area contributed by atoms with Crippen LogP contribution in [0, 0.1) is 0 Å². The lowest BCUT2D eigenvalue weighted by Crippen LogP contribution is -2.35. The third kappa shape index (κ3) is 5.21. The van der Waals surface area contributed by atoms with Crippen molar-refractivity contribution in [3.63, 3.8) is 0 Å².